The molecule has 5 heteroatoms. The van der Waals surface area contributed by atoms with Crippen LogP contribution >= 0.6 is 23.4 Å². The lowest BCUT2D eigenvalue weighted by molar-refractivity contribution is 0.277. The number of thioether (sulfide) groups is 1. The standard InChI is InChI=1S/C18H17ClN2OS/c19-16-8-4-7-15(9-16)13-23-18-20-17(12-22)11-21(18)10-14-5-2-1-3-6-14/h1-9,11,22H,10,12-13H2. The molecule has 118 valence electrons. The molecular formula is C18H17ClN2OS. The number of hydrogen-bond acceptors (Lipinski definition) is 3. The Hall–Kier alpha value is -1.75. The zero-order valence-electron chi connectivity index (χ0n) is 12.5. The summed E-state index contributed by atoms with van der Waals surface area (Å²) in [4.78, 5) is 4.51. The van der Waals surface area contributed by atoms with Crippen LogP contribution in [0.4, 0.5) is 0 Å². The van der Waals surface area contributed by atoms with E-state index in [1.54, 1.807) is 11.8 Å². The molecule has 2 aromatic carbocycles. The molecule has 1 aromatic heterocycles. The molecule has 0 aliphatic carbocycles. The molecule has 1 N–H and O–H groups in total. The van der Waals surface area contributed by atoms with Gasteiger partial charge in [-0.1, -0.05) is 65.8 Å². The van der Waals surface area contributed by atoms with E-state index in [1.807, 2.05) is 42.6 Å². The summed E-state index contributed by atoms with van der Waals surface area (Å²) in [6.45, 7) is 0.693. The van der Waals surface area contributed by atoms with Gasteiger partial charge in [0.15, 0.2) is 5.16 Å². The third-order valence-corrected chi connectivity index (χ3v) is 4.70. The van der Waals surface area contributed by atoms with Crippen LogP contribution in [-0.4, -0.2) is 14.7 Å². The van der Waals surface area contributed by atoms with E-state index in [-0.39, 0.29) is 6.61 Å². The predicted molar refractivity (Wildman–Crippen MR) is 94.7 cm³/mol. The van der Waals surface area contributed by atoms with Gasteiger partial charge < -0.3 is 9.67 Å². The van der Waals surface area contributed by atoms with Gasteiger partial charge in [0.05, 0.1) is 12.3 Å². The van der Waals surface area contributed by atoms with E-state index in [1.165, 1.54) is 5.56 Å². The van der Waals surface area contributed by atoms with Gasteiger partial charge in [-0.15, -0.1) is 0 Å². The number of aliphatic hydroxyl groups is 1. The molecule has 0 aliphatic rings. The molecule has 0 spiro atoms. The van der Waals surface area contributed by atoms with Gasteiger partial charge in [-0.3, -0.25) is 0 Å². The number of aromatic nitrogens is 2. The number of benzene rings is 2. The summed E-state index contributed by atoms with van der Waals surface area (Å²) in [6, 6.07) is 18.1. The van der Waals surface area contributed by atoms with Gasteiger partial charge in [-0.25, -0.2) is 4.98 Å². The van der Waals surface area contributed by atoms with Crippen LogP contribution in [0.25, 0.3) is 0 Å². The fourth-order valence-corrected chi connectivity index (χ4v) is 3.46. The Morgan fingerprint density at radius 3 is 2.57 bits per heavy atom. The molecule has 3 nitrogen and oxygen atoms in total. The van der Waals surface area contributed by atoms with Crippen LogP contribution in [0, 0.1) is 0 Å². The minimum atomic E-state index is -0.0491. The van der Waals surface area contributed by atoms with Crippen molar-refractivity contribution in [1.82, 2.24) is 9.55 Å². The second kappa shape index (κ2) is 7.68. The van der Waals surface area contributed by atoms with Gasteiger partial charge in [0, 0.05) is 23.5 Å². The number of imidazole rings is 1. The van der Waals surface area contributed by atoms with Crippen molar-refractivity contribution >= 4 is 23.4 Å². The maximum atomic E-state index is 9.36. The smallest absolute Gasteiger partial charge is 0.168 e. The molecule has 0 fully saturated rings. The maximum absolute atomic E-state index is 9.36. The van der Waals surface area contributed by atoms with Crippen LogP contribution in [-0.2, 0) is 18.9 Å². The molecule has 23 heavy (non-hydrogen) atoms. The van der Waals surface area contributed by atoms with Crippen LogP contribution in [0.15, 0.2) is 66.0 Å². The highest BCUT2D eigenvalue weighted by Gasteiger charge is 2.09. The topological polar surface area (TPSA) is 38.0 Å². The third-order valence-electron chi connectivity index (χ3n) is 3.40. The summed E-state index contributed by atoms with van der Waals surface area (Å²) in [6.07, 6.45) is 1.91. The highest BCUT2D eigenvalue weighted by Crippen LogP contribution is 2.24. The monoisotopic (exact) mass is 344 g/mol. The lowest BCUT2D eigenvalue weighted by Gasteiger charge is -2.07. The van der Waals surface area contributed by atoms with E-state index in [4.69, 9.17) is 11.6 Å². The van der Waals surface area contributed by atoms with Crippen molar-refractivity contribution in [3.63, 3.8) is 0 Å². The summed E-state index contributed by atoms with van der Waals surface area (Å²) < 4.78 is 2.08. The highest BCUT2D eigenvalue weighted by molar-refractivity contribution is 7.98. The molecular weight excluding hydrogens is 328 g/mol. The van der Waals surface area contributed by atoms with E-state index in [2.05, 4.69) is 27.8 Å². The molecule has 0 aliphatic heterocycles. The Kier molecular flexibility index (Phi) is 5.39. The zero-order valence-corrected chi connectivity index (χ0v) is 14.1. The van der Waals surface area contributed by atoms with Crippen LogP contribution in [0.2, 0.25) is 5.02 Å². The normalized spacial score (nSPS) is 10.9. The second-order valence-corrected chi connectivity index (χ2v) is 6.58. The maximum Gasteiger partial charge on any atom is 0.168 e. The van der Waals surface area contributed by atoms with E-state index < -0.39 is 0 Å². The summed E-state index contributed by atoms with van der Waals surface area (Å²) in [7, 11) is 0. The van der Waals surface area contributed by atoms with Crippen LogP contribution in [0.5, 0.6) is 0 Å². The van der Waals surface area contributed by atoms with Crippen molar-refractivity contribution in [3.05, 3.63) is 82.6 Å². The van der Waals surface area contributed by atoms with E-state index in [0.717, 1.165) is 28.0 Å². The van der Waals surface area contributed by atoms with Gasteiger partial charge in [0.25, 0.3) is 0 Å². The van der Waals surface area contributed by atoms with E-state index >= 15 is 0 Å². The first-order valence-electron chi connectivity index (χ1n) is 7.32. The molecule has 0 saturated heterocycles. The average molecular weight is 345 g/mol. The van der Waals surface area contributed by atoms with Gasteiger partial charge >= 0.3 is 0 Å². The first-order chi connectivity index (χ1) is 11.2. The molecule has 1 heterocycles. The number of aliphatic hydroxyl groups excluding tert-OH is 1. The summed E-state index contributed by atoms with van der Waals surface area (Å²) in [5, 5.41) is 11.0. The van der Waals surface area contributed by atoms with Crippen LogP contribution in [0.1, 0.15) is 16.8 Å². The van der Waals surface area contributed by atoms with Crippen molar-refractivity contribution in [2.45, 2.75) is 24.1 Å². The number of halogens is 1. The molecule has 0 bridgehead atoms. The predicted octanol–water partition coefficient (Wildman–Crippen LogP) is 4.37. The first kappa shape index (κ1) is 16.1. The third kappa shape index (κ3) is 4.38. The van der Waals surface area contributed by atoms with Crippen LogP contribution in [0.3, 0.4) is 0 Å². The van der Waals surface area contributed by atoms with Gasteiger partial charge in [-0.2, -0.15) is 0 Å². The number of hydrogen-bond donors (Lipinski definition) is 1. The van der Waals surface area contributed by atoms with Crippen molar-refractivity contribution in [3.8, 4) is 0 Å². The summed E-state index contributed by atoms with van der Waals surface area (Å²) in [5.41, 5.74) is 3.05. The van der Waals surface area contributed by atoms with Gasteiger partial charge in [0.2, 0.25) is 0 Å². The Morgan fingerprint density at radius 2 is 1.83 bits per heavy atom. The number of nitrogens with zero attached hydrogens (tertiary/aromatic N) is 2. The van der Waals surface area contributed by atoms with Gasteiger partial charge in [0.1, 0.15) is 0 Å². The van der Waals surface area contributed by atoms with Crippen molar-refractivity contribution in [1.29, 1.82) is 0 Å². The average Bonchev–Trinajstić information content (AvgIpc) is 2.96. The molecule has 0 amide bonds. The largest absolute Gasteiger partial charge is 0.390 e. The summed E-state index contributed by atoms with van der Waals surface area (Å²) in [5.74, 6) is 0.789. The van der Waals surface area contributed by atoms with Crippen molar-refractivity contribution < 1.29 is 5.11 Å². The lowest BCUT2D eigenvalue weighted by atomic mass is 10.2. The second-order valence-electron chi connectivity index (χ2n) is 5.21. The van der Waals surface area contributed by atoms with E-state index in [0.29, 0.717) is 5.69 Å². The Balaban J connectivity index is 1.76. The molecule has 3 rings (SSSR count). The fraction of sp³-hybridized carbons (Fsp3) is 0.167. The SMILES string of the molecule is OCc1cn(Cc2ccccc2)c(SCc2cccc(Cl)c2)n1. The molecule has 0 atom stereocenters. The molecule has 0 radical (unpaired) electrons. The lowest BCUT2D eigenvalue weighted by Crippen LogP contribution is -2.00. The summed E-state index contributed by atoms with van der Waals surface area (Å²) >= 11 is 7.67. The van der Waals surface area contributed by atoms with Crippen LogP contribution < -0.4 is 0 Å². The Morgan fingerprint density at radius 1 is 1.04 bits per heavy atom. The Labute approximate surface area is 144 Å². The quantitative estimate of drug-likeness (QED) is 0.675. The highest BCUT2D eigenvalue weighted by atomic mass is 35.5. The Bertz CT molecular complexity index is 774. The molecule has 0 saturated carbocycles. The minimum Gasteiger partial charge on any atom is -0.390 e. The zero-order chi connectivity index (χ0) is 16.1. The van der Waals surface area contributed by atoms with Gasteiger partial charge in [-0.05, 0) is 23.3 Å². The van der Waals surface area contributed by atoms with Crippen molar-refractivity contribution in [2.75, 3.05) is 0 Å². The van der Waals surface area contributed by atoms with Crippen molar-refractivity contribution in [2.24, 2.45) is 0 Å². The molecule has 3 aromatic rings. The fourth-order valence-electron chi connectivity index (χ4n) is 2.31. The first-order valence-corrected chi connectivity index (χ1v) is 8.69. The molecule has 0 unspecified atom stereocenters. The minimum absolute atomic E-state index is 0.0491. The van der Waals surface area contributed by atoms with E-state index in [9.17, 15) is 5.11 Å². The number of rotatable bonds is 6.